The third-order valence-electron chi connectivity index (χ3n) is 4.03. The molecule has 7 heteroatoms. The van der Waals surface area contributed by atoms with Gasteiger partial charge in [-0.3, -0.25) is 9.59 Å². The van der Waals surface area contributed by atoms with Crippen molar-refractivity contribution < 1.29 is 23.1 Å². The highest BCUT2D eigenvalue weighted by atomic mass is 19.3. The number of amides is 2. The fraction of sp³-hybridized carbons (Fsp3) is 0.529. The van der Waals surface area contributed by atoms with E-state index in [0.29, 0.717) is 12.8 Å². The first-order valence-corrected chi connectivity index (χ1v) is 7.93. The number of likely N-dealkylation sites (N-methyl/N-ethyl adjacent to an activating group) is 1. The van der Waals surface area contributed by atoms with Crippen molar-refractivity contribution in [3.8, 4) is 5.75 Å². The van der Waals surface area contributed by atoms with Gasteiger partial charge in [-0.1, -0.05) is 12.1 Å². The van der Waals surface area contributed by atoms with Crippen molar-refractivity contribution in [3.63, 3.8) is 0 Å². The topological polar surface area (TPSA) is 49.9 Å². The SMILES string of the molecule is CCOc1ccccc1C(F)(F)C(=O)N1CCCC1C(=O)N(C)C. The second-order valence-corrected chi connectivity index (χ2v) is 5.89. The largest absolute Gasteiger partial charge is 0.493 e. The van der Waals surface area contributed by atoms with Gasteiger partial charge in [0.25, 0.3) is 5.91 Å². The Morgan fingerprint density at radius 3 is 2.62 bits per heavy atom. The third kappa shape index (κ3) is 3.34. The second kappa shape index (κ2) is 7.15. The molecular formula is C17H22F2N2O3. The lowest BCUT2D eigenvalue weighted by Crippen LogP contribution is -2.50. The maximum absolute atomic E-state index is 14.8. The van der Waals surface area contributed by atoms with E-state index in [1.165, 1.54) is 23.1 Å². The number of hydrogen-bond acceptors (Lipinski definition) is 3. The van der Waals surface area contributed by atoms with Crippen LogP contribution in [0.1, 0.15) is 25.3 Å². The number of halogens is 2. The predicted octanol–water partition coefficient (Wildman–Crippen LogP) is 2.26. The van der Waals surface area contributed by atoms with Crippen LogP contribution in [0.4, 0.5) is 8.78 Å². The van der Waals surface area contributed by atoms with Gasteiger partial charge in [-0.2, -0.15) is 8.78 Å². The maximum Gasteiger partial charge on any atom is 0.353 e. The highest BCUT2D eigenvalue weighted by Crippen LogP contribution is 2.38. The van der Waals surface area contributed by atoms with Crippen LogP contribution in [0.25, 0.3) is 0 Å². The van der Waals surface area contributed by atoms with Crippen LogP contribution >= 0.6 is 0 Å². The number of benzene rings is 1. The summed E-state index contributed by atoms with van der Waals surface area (Å²) >= 11 is 0. The number of para-hydroxylation sites is 1. The van der Waals surface area contributed by atoms with Gasteiger partial charge < -0.3 is 14.5 Å². The molecule has 2 amide bonds. The molecule has 1 aliphatic rings. The van der Waals surface area contributed by atoms with Gasteiger partial charge in [-0.25, -0.2) is 0 Å². The Morgan fingerprint density at radius 2 is 2.00 bits per heavy atom. The first kappa shape index (κ1) is 18.2. The molecule has 0 saturated carbocycles. The molecule has 1 aromatic carbocycles. The van der Waals surface area contributed by atoms with E-state index in [1.807, 2.05) is 0 Å². The van der Waals surface area contributed by atoms with E-state index in [2.05, 4.69) is 0 Å². The molecule has 0 aliphatic carbocycles. The monoisotopic (exact) mass is 340 g/mol. The molecule has 0 radical (unpaired) electrons. The molecule has 0 spiro atoms. The Morgan fingerprint density at radius 1 is 1.33 bits per heavy atom. The molecule has 132 valence electrons. The number of alkyl halides is 2. The van der Waals surface area contributed by atoms with Crippen molar-refractivity contribution in [1.82, 2.24) is 9.80 Å². The van der Waals surface area contributed by atoms with Gasteiger partial charge >= 0.3 is 5.92 Å². The lowest BCUT2D eigenvalue weighted by molar-refractivity contribution is -0.163. The van der Waals surface area contributed by atoms with Crippen molar-refractivity contribution >= 4 is 11.8 Å². The highest BCUT2D eigenvalue weighted by Gasteiger charge is 2.50. The molecule has 1 heterocycles. The Bertz CT molecular complexity index is 620. The number of likely N-dealkylation sites (tertiary alicyclic amines) is 1. The van der Waals surface area contributed by atoms with E-state index in [4.69, 9.17) is 4.74 Å². The molecule has 1 atom stereocenters. The number of hydrogen-bond donors (Lipinski definition) is 0. The van der Waals surface area contributed by atoms with Gasteiger partial charge in [0.2, 0.25) is 5.91 Å². The summed E-state index contributed by atoms with van der Waals surface area (Å²) in [6.07, 6.45) is 0.922. The van der Waals surface area contributed by atoms with Gasteiger partial charge in [0.1, 0.15) is 11.8 Å². The predicted molar refractivity (Wildman–Crippen MR) is 84.9 cm³/mol. The minimum absolute atomic E-state index is 0.0203. The van der Waals surface area contributed by atoms with Crippen molar-refractivity contribution in [2.75, 3.05) is 27.2 Å². The van der Waals surface area contributed by atoms with Gasteiger partial charge in [-0.15, -0.1) is 0 Å². The lowest BCUT2D eigenvalue weighted by Gasteiger charge is -2.30. The van der Waals surface area contributed by atoms with Crippen molar-refractivity contribution in [2.24, 2.45) is 0 Å². The van der Waals surface area contributed by atoms with Crippen LogP contribution in [0.5, 0.6) is 5.75 Å². The average Bonchev–Trinajstić information content (AvgIpc) is 3.03. The van der Waals surface area contributed by atoms with Crippen LogP contribution < -0.4 is 4.74 Å². The van der Waals surface area contributed by atoms with Crippen LogP contribution in [0.3, 0.4) is 0 Å². The van der Waals surface area contributed by atoms with Gasteiger partial charge in [0.05, 0.1) is 12.2 Å². The van der Waals surface area contributed by atoms with E-state index in [9.17, 15) is 18.4 Å². The molecule has 0 bridgehead atoms. The number of ether oxygens (including phenoxy) is 1. The van der Waals surface area contributed by atoms with Crippen LogP contribution in [0.2, 0.25) is 0 Å². The minimum Gasteiger partial charge on any atom is -0.493 e. The third-order valence-corrected chi connectivity index (χ3v) is 4.03. The number of carbonyl (C=O) groups is 2. The molecule has 1 unspecified atom stereocenters. The zero-order valence-corrected chi connectivity index (χ0v) is 14.1. The normalized spacial score (nSPS) is 17.7. The summed E-state index contributed by atoms with van der Waals surface area (Å²) in [5.74, 6) is -5.46. The van der Waals surface area contributed by atoms with Crippen LogP contribution in [0, 0.1) is 0 Å². The Hall–Kier alpha value is -2.18. The molecule has 0 N–H and O–H groups in total. The number of nitrogens with zero attached hydrogens (tertiary/aromatic N) is 2. The molecule has 5 nitrogen and oxygen atoms in total. The van der Waals surface area contributed by atoms with Crippen molar-refractivity contribution in [2.45, 2.75) is 31.7 Å². The van der Waals surface area contributed by atoms with Crippen LogP contribution in [-0.2, 0) is 15.5 Å². The standard InChI is InChI=1S/C17H22F2N2O3/c1-4-24-14-10-6-5-8-12(14)17(18,19)16(23)21-11-7-9-13(21)15(22)20(2)3/h5-6,8,10,13H,4,7,9,11H2,1-3H3. The maximum atomic E-state index is 14.8. The summed E-state index contributed by atoms with van der Waals surface area (Å²) < 4.78 is 34.9. The second-order valence-electron chi connectivity index (χ2n) is 5.89. The summed E-state index contributed by atoms with van der Waals surface area (Å²) in [7, 11) is 3.09. The fourth-order valence-electron chi connectivity index (χ4n) is 2.87. The summed E-state index contributed by atoms with van der Waals surface area (Å²) in [5, 5.41) is 0. The molecular weight excluding hydrogens is 318 g/mol. The highest BCUT2D eigenvalue weighted by molar-refractivity contribution is 5.92. The zero-order chi connectivity index (χ0) is 17.9. The van der Waals surface area contributed by atoms with E-state index in [-0.39, 0.29) is 24.8 Å². The van der Waals surface area contributed by atoms with Gasteiger partial charge in [0.15, 0.2) is 0 Å². The number of carbonyl (C=O) groups excluding carboxylic acids is 2. The molecule has 1 saturated heterocycles. The summed E-state index contributed by atoms with van der Waals surface area (Å²) in [6.45, 7) is 2.05. The van der Waals surface area contributed by atoms with Crippen LogP contribution in [0.15, 0.2) is 24.3 Å². The summed E-state index contributed by atoms with van der Waals surface area (Å²) in [6, 6.07) is 4.76. The zero-order valence-electron chi connectivity index (χ0n) is 14.1. The van der Waals surface area contributed by atoms with Gasteiger partial charge in [-0.05, 0) is 31.9 Å². The minimum atomic E-state index is -3.75. The quantitative estimate of drug-likeness (QED) is 0.826. The Kier molecular flexibility index (Phi) is 5.41. The molecule has 0 aromatic heterocycles. The summed E-state index contributed by atoms with van der Waals surface area (Å²) in [4.78, 5) is 27.0. The van der Waals surface area contributed by atoms with E-state index >= 15 is 0 Å². The van der Waals surface area contributed by atoms with Crippen molar-refractivity contribution in [3.05, 3.63) is 29.8 Å². The average molecular weight is 340 g/mol. The molecule has 1 aromatic rings. The first-order valence-electron chi connectivity index (χ1n) is 7.93. The lowest BCUT2D eigenvalue weighted by atomic mass is 10.1. The molecule has 2 rings (SSSR count). The van der Waals surface area contributed by atoms with E-state index in [0.717, 1.165) is 4.90 Å². The molecule has 1 aliphatic heterocycles. The number of rotatable bonds is 5. The smallest absolute Gasteiger partial charge is 0.353 e. The van der Waals surface area contributed by atoms with Crippen molar-refractivity contribution in [1.29, 1.82) is 0 Å². The summed E-state index contributed by atoms with van der Waals surface area (Å²) in [5.41, 5.74) is -0.472. The fourth-order valence-corrected chi connectivity index (χ4v) is 2.87. The Balaban J connectivity index is 2.32. The molecule has 1 fully saturated rings. The Labute approximate surface area is 140 Å². The van der Waals surface area contributed by atoms with E-state index in [1.54, 1.807) is 27.1 Å². The molecule has 24 heavy (non-hydrogen) atoms. The first-order chi connectivity index (χ1) is 11.3. The van der Waals surface area contributed by atoms with E-state index < -0.39 is 23.4 Å². The van der Waals surface area contributed by atoms with Crippen LogP contribution in [-0.4, -0.2) is 54.9 Å². The van der Waals surface area contributed by atoms with Gasteiger partial charge in [0, 0.05) is 20.6 Å².